The van der Waals surface area contributed by atoms with E-state index in [9.17, 15) is 9.90 Å². The molecule has 1 aliphatic rings. The molecular formula is C19H22N2O2. The van der Waals surface area contributed by atoms with Gasteiger partial charge in [-0.15, -0.1) is 0 Å². The van der Waals surface area contributed by atoms with Gasteiger partial charge in [0.1, 0.15) is 0 Å². The lowest BCUT2D eigenvalue weighted by Gasteiger charge is -2.22. The van der Waals surface area contributed by atoms with Crippen LogP contribution in [-0.2, 0) is 11.3 Å². The smallest absolute Gasteiger partial charge is 0.239 e. The molecule has 1 heterocycles. The van der Waals surface area contributed by atoms with Gasteiger partial charge in [-0.05, 0) is 23.1 Å². The van der Waals surface area contributed by atoms with Gasteiger partial charge >= 0.3 is 0 Å². The number of β-amino-alcohol motifs (C(OH)–C–C–N with tert-alkyl or cyclic N) is 1. The van der Waals surface area contributed by atoms with Crippen LogP contribution in [0.5, 0.6) is 0 Å². The lowest BCUT2D eigenvalue weighted by atomic mass is 9.99. The van der Waals surface area contributed by atoms with Crippen LogP contribution in [0.15, 0.2) is 54.6 Å². The number of carbonyl (C=O) groups is 1. The lowest BCUT2D eigenvalue weighted by molar-refractivity contribution is -0.132. The number of rotatable bonds is 4. The summed E-state index contributed by atoms with van der Waals surface area (Å²) in [6.45, 7) is 1.04. The summed E-state index contributed by atoms with van der Waals surface area (Å²) in [6, 6.07) is 18.1. The van der Waals surface area contributed by atoms with Crippen LogP contribution in [0.1, 0.15) is 12.0 Å². The Labute approximate surface area is 136 Å². The molecule has 120 valence electrons. The Bertz CT molecular complexity index is 672. The van der Waals surface area contributed by atoms with Gasteiger partial charge in [0.2, 0.25) is 5.91 Å². The van der Waals surface area contributed by atoms with Crippen molar-refractivity contribution in [1.29, 1.82) is 0 Å². The lowest BCUT2D eigenvalue weighted by Crippen LogP contribution is -2.41. The van der Waals surface area contributed by atoms with Gasteiger partial charge in [-0.1, -0.05) is 54.6 Å². The predicted molar refractivity (Wildman–Crippen MR) is 90.8 cm³/mol. The highest BCUT2D eigenvalue weighted by Crippen LogP contribution is 2.24. The minimum Gasteiger partial charge on any atom is -0.392 e. The molecule has 0 aliphatic carbocycles. The van der Waals surface area contributed by atoms with Crippen LogP contribution < -0.4 is 5.32 Å². The highest BCUT2D eigenvalue weighted by Gasteiger charge is 2.30. The van der Waals surface area contributed by atoms with Gasteiger partial charge in [0.05, 0.1) is 12.1 Å². The number of aliphatic hydroxyl groups excluding tert-OH is 1. The summed E-state index contributed by atoms with van der Waals surface area (Å²) in [7, 11) is 1.82. The van der Waals surface area contributed by atoms with E-state index in [2.05, 4.69) is 29.6 Å². The van der Waals surface area contributed by atoms with Crippen molar-refractivity contribution in [3.63, 3.8) is 0 Å². The van der Waals surface area contributed by atoms with E-state index < -0.39 is 6.10 Å². The maximum Gasteiger partial charge on any atom is 0.239 e. The van der Waals surface area contributed by atoms with E-state index in [1.807, 2.05) is 37.4 Å². The molecule has 1 fully saturated rings. The molecule has 2 aromatic rings. The number of benzene rings is 2. The van der Waals surface area contributed by atoms with Crippen molar-refractivity contribution < 1.29 is 9.90 Å². The number of aliphatic hydroxyl groups is 1. The number of hydrogen-bond donors (Lipinski definition) is 2. The Kier molecular flexibility index (Phi) is 4.74. The molecule has 1 saturated heterocycles. The predicted octanol–water partition coefficient (Wildman–Crippen LogP) is 2.03. The molecule has 4 nitrogen and oxygen atoms in total. The van der Waals surface area contributed by atoms with Gasteiger partial charge in [-0.25, -0.2) is 0 Å². The van der Waals surface area contributed by atoms with Crippen LogP contribution >= 0.6 is 0 Å². The molecule has 0 radical (unpaired) electrons. The second-order valence-corrected chi connectivity index (χ2v) is 6.07. The highest BCUT2D eigenvalue weighted by atomic mass is 16.3. The van der Waals surface area contributed by atoms with Crippen LogP contribution in [-0.4, -0.2) is 41.7 Å². The Morgan fingerprint density at radius 2 is 1.87 bits per heavy atom. The second-order valence-electron chi connectivity index (χ2n) is 6.07. The van der Waals surface area contributed by atoms with E-state index in [0.717, 1.165) is 16.7 Å². The molecule has 1 amide bonds. The largest absolute Gasteiger partial charge is 0.392 e. The van der Waals surface area contributed by atoms with E-state index in [4.69, 9.17) is 0 Å². The monoisotopic (exact) mass is 310 g/mol. The maximum atomic E-state index is 12.5. The second kappa shape index (κ2) is 6.94. The van der Waals surface area contributed by atoms with E-state index in [-0.39, 0.29) is 11.9 Å². The van der Waals surface area contributed by atoms with E-state index in [1.165, 1.54) is 0 Å². The summed E-state index contributed by atoms with van der Waals surface area (Å²) in [5.74, 6) is 0.0319. The quantitative estimate of drug-likeness (QED) is 0.908. The summed E-state index contributed by atoms with van der Waals surface area (Å²) >= 11 is 0. The maximum absolute atomic E-state index is 12.5. The summed E-state index contributed by atoms with van der Waals surface area (Å²) in [6.07, 6.45) is 0.0673. The molecule has 0 aromatic heterocycles. The van der Waals surface area contributed by atoms with E-state index in [1.54, 1.807) is 4.90 Å². The minimum atomic E-state index is -0.422. The number of nitrogens with one attached hydrogen (secondary N) is 1. The van der Waals surface area contributed by atoms with Crippen LogP contribution in [0.2, 0.25) is 0 Å². The van der Waals surface area contributed by atoms with Crippen LogP contribution in [0.25, 0.3) is 11.1 Å². The molecule has 4 heteroatoms. The molecule has 0 spiro atoms. The molecule has 0 bridgehead atoms. The molecule has 3 rings (SSSR count). The number of likely N-dealkylation sites (N-methyl/N-ethyl adjacent to an activating group) is 1. The van der Waals surface area contributed by atoms with Crippen molar-refractivity contribution in [1.82, 2.24) is 10.2 Å². The SMILES string of the molecule is CN(Cc1ccccc1-c1ccccc1)C(=O)[C@H]1C[C@@H](O)CN1. The third-order valence-electron chi connectivity index (χ3n) is 4.29. The molecule has 2 aromatic carbocycles. The first kappa shape index (κ1) is 15.7. The molecule has 2 atom stereocenters. The molecular weight excluding hydrogens is 288 g/mol. The molecule has 0 unspecified atom stereocenters. The fourth-order valence-electron chi connectivity index (χ4n) is 3.06. The summed E-state index contributed by atoms with van der Waals surface area (Å²) in [4.78, 5) is 14.2. The molecule has 1 aliphatic heterocycles. The number of carbonyl (C=O) groups excluding carboxylic acids is 1. The van der Waals surface area contributed by atoms with Crippen molar-refractivity contribution in [3.8, 4) is 11.1 Å². The van der Waals surface area contributed by atoms with Gasteiger partial charge < -0.3 is 15.3 Å². The number of amides is 1. The standard InChI is InChI=1S/C19H22N2O2/c1-21(19(23)18-11-16(22)12-20-18)13-15-9-5-6-10-17(15)14-7-3-2-4-8-14/h2-10,16,18,20,22H,11-13H2,1H3/t16-,18-/m1/s1. The normalized spacial score (nSPS) is 20.4. The molecule has 0 saturated carbocycles. The minimum absolute atomic E-state index is 0.0319. The Balaban J connectivity index is 1.76. The average Bonchev–Trinajstić information content (AvgIpc) is 3.02. The van der Waals surface area contributed by atoms with Gasteiger partial charge in [-0.3, -0.25) is 4.79 Å². The first-order valence-electron chi connectivity index (χ1n) is 7.95. The van der Waals surface area contributed by atoms with Crippen LogP contribution in [0.3, 0.4) is 0 Å². The van der Waals surface area contributed by atoms with Crippen LogP contribution in [0.4, 0.5) is 0 Å². The third kappa shape index (κ3) is 3.60. The summed E-state index contributed by atoms with van der Waals surface area (Å²) in [5, 5.41) is 12.7. The van der Waals surface area contributed by atoms with Gasteiger partial charge in [0.25, 0.3) is 0 Å². The fourth-order valence-corrected chi connectivity index (χ4v) is 3.06. The zero-order valence-corrected chi connectivity index (χ0v) is 13.3. The topological polar surface area (TPSA) is 52.6 Å². The Hall–Kier alpha value is -2.17. The Morgan fingerprint density at radius 3 is 2.57 bits per heavy atom. The summed E-state index contributed by atoms with van der Waals surface area (Å²) in [5.41, 5.74) is 3.42. The van der Waals surface area contributed by atoms with Crippen LogP contribution in [0, 0.1) is 0 Å². The summed E-state index contributed by atoms with van der Waals surface area (Å²) < 4.78 is 0. The molecule has 23 heavy (non-hydrogen) atoms. The van der Waals surface area contributed by atoms with Gasteiger partial charge in [0, 0.05) is 20.1 Å². The van der Waals surface area contributed by atoms with Crippen molar-refractivity contribution in [3.05, 3.63) is 60.2 Å². The highest BCUT2D eigenvalue weighted by molar-refractivity contribution is 5.82. The zero-order chi connectivity index (χ0) is 16.2. The van der Waals surface area contributed by atoms with Crippen molar-refractivity contribution in [2.24, 2.45) is 0 Å². The molecule has 2 N–H and O–H groups in total. The number of hydrogen-bond acceptors (Lipinski definition) is 3. The van der Waals surface area contributed by atoms with E-state index >= 15 is 0 Å². The first-order chi connectivity index (χ1) is 11.1. The first-order valence-corrected chi connectivity index (χ1v) is 7.95. The third-order valence-corrected chi connectivity index (χ3v) is 4.29. The van der Waals surface area contributed by atoms with Crippen molar-refractivity contribution in [2.75, 3.05) is 13.6 Å². The fraction of sp³-hybridized carbons (Fsp3) is 0.316. The Morgan fingerprint density at radius 1 is 1.17 bits per heavy atom. The zero-order valence-electron chi connectivity index (χ0n) is 13.3. The average molecular weight is 310 g/mol. The van der Waals surface area contributed by atoms with Gasteiger partial charge in [-0.2, -0.15) is 0 Å². The van der Waals surface area contributed by atoms with Crippen molar-refractivity contribution >= 4 is 5.91 Å². The number of nitrogens with zero attached hydrogens (tertiary/aromatic N) is 1. The van der Waals surface area contributed by atoms with Gasteiger partial charge in [0.15, 0.2) is 0 Å². The van der Waals surface area contributed by atoms with E-state index in [0.29, 0.717) is 19.5 Å². The van der Waals surface area contributed by atoms with Crippen molar-refractivity contribution in [2.45, 2.75) is 25.1 Å².